The molecular weight excluding hydrogens is 258 g/mol. The number of nitrogens with two attached hydrogens (primary N) is 1. The Morgan fingerprint density at radius 3 is 2.67 bits per heavy atom. The predicted octanol–water partition coefficient (Wildman–Crippen LogP) is 2.16. The molecule has 0 unspecified atom stereocenters. The fourth-order valence-electron chi connectivity index (χ4n) is 1.42. The summed E-state index contributed by atoms with van der Waals surface area (Å²) in [5.74, 6) is 0.639. The zero-order valence-electron chi connectivity index (χ0n) is 8.84. The first-order valence-corrected chi connectivity index (χ1v) is 5.53. The van der Waals surface area contributed by atoms with Crippen molar-refractivity contribution in [1.82, 2.24) is 0 Å². The highest BCUT2D eigenvalue weighted by molar-refractivity contribution is 9.10. The van der Waals surface area contributed by atoms with E-state index in [0.717, 1.165) is 22.2 Å². The van der Waals surface area contributed by atoms with Crippen molar-refractivity contribution in [2.75, 3.05) is 13.7 Å². The summed E-state index contributed by atoms with van der Waals surface area (Å²) < 4.78 is 6.12. The van der Waals surface area contributed by atoms with Gasteiger partial charge in [-0.1, -0.05) is 22.9 Å². The Morgan fingerprint density at radius 1 is 1.53 bits per heavy atom. The molecule has 0 bridgehead atoms. The second-order valence-electron chi connectivity index (χ2n) is 3.12. The van der Waals surface area contributed by atoms with E-state index in [1.165, 1.54) is 0 Å². The van der Waals surface area contributed by atoms with Crippen molar-refractivity contribution in [1.29, 1.82) is 0 Å². The number of ketones is 1. The van der Waals surface area contributed by atoms with Crippen LogP contribution in [-0.4, -0.2) is 19.4 Å². The van der Waals surface area contributed by atoms with Gasteiger partial charge in [-0.2, -0.15) is 0 Å². The maximum Gasteiger partial charge on any atom is 0.176 e. The zero-order chi connectivity index (χ0) is 11.4. The van der Waals surface area contributed by atoms with E-state index in [1.807, 2.05) is 6.92 Å². The lowest BCUT2D eigenvalue weighted by atomic mass is 10.1. The monoisotopic (exact) mass is 271 g/mol. The molecule has 15 heavy (non-hydrogen) atoms. The van der Waals surface area contributed by atoms with Gasteiger partial charge in [0, 0.05) is 15.6 Å². The lowest BCUT2D eigenvalue weighted by Crippen LogP contribution is -2.14. The van der Waals surface area contributed by atoms with Crippen LogP contribution in [0, 0.1) is 0 Å². The number of hydrogen-bond donors (Lipinski definition) is 1. The molecule has 0 aliphatic rings. The third-order valence-corrected chi connectivity index (χ3v) is 2.94. The second-order valence-corrected chi connectivity index (χ2v) is 3.97. The third-order valence-electron chi connectivity index (χ3n) is 2.24. The van der Waals surface area contributed by atoms with Crippen molar-refractivity contribution in [3.05, 3.63) is 27.7 Å². The van der Waals surface area contributed by atoms with Gasteiger partial charge >= 0.3 is 0 Å². The number of methoxy groups -OCH3 is 1. The number of hydrogen-bond acceptors (Lipinski definition) is 3. The molecule has 0 saturated carbocycles. The summed E-state index contributed by atoms with van der Waals surface area (Å²) in [5, 5.41) is 0. The summed E-state index contributed by atoms with van der Waals surface area (Å²) in [4.78, 5) is 11.4. The molecular formula is C11H14BrNO2. The van der Waals surface area contributed by atoms with E-state index in [-0.39, 0.29) is 12.3 Å². The number of carbonyl (C=O) groups excluding carboxylic acids is 1. The molecule has 0 fully saturated rings. The van der Waals surface area contributed by atoms with Crippen LogP contribution in [0.5, 0.6) is 5.75 Å². The molecule has 0 heterocycles. The maximum absolute atomic E-state index is 11.4. The normalized spacial score (nSPS) is 10.1. The van der Waals surface area contributed by atoms with Crippen molar-refractivity contribution in [3.8, 4) is 5.75 Å². The molecule has 0 aliphatic heterocycles. The topological polar surface area (TPSA) is 52.3 Å². The molecule has 3 nitrogen and oxygen atoms in total. The van der Waals surface area contributed by atoms with E-state index in [4.69, 9.17) is 10.5 Å². The number of ether oxygens (including phenoxy) is 1. The van der Waals surface area contributed by atoms with Crippen LogP contribution in [0.3, 0.4) is 0 Å². The minimum Gasteiger partial charge on any atom is -0.496 e. The molecule has 0 atom stereocenters. The molecule has 82 valence electrons. The second kappa shape index (κ2) is 5.28. The van der Waals surface area contributed by atoms with Gasteiger partial charge in [0.25, 0.3) is 0 Å². The lowest BCUT2D eigenvalue weighted by molar-refractivity contribution is 0.100. The van der Waals surface area contributed by atoms with Crippen molar-refractivity contribution in [3.63, 3.8) is 0 Å². The molecule has 1 aromatic carbocycles. The number of carbonyl (C=O) groups is 1. The Bertz CT molecular complexity index is 377. The van der Waals surface area contributed by atoms with Crippen LogP contribution >= 0.6 is 15.9 Å². The van der Waals surface area contributed by atoms with Crippen LogP contribution in [0.1, 0.15) is 22.8 Å². The van der Waals surface area contributed by atoms with Gasteiger partial charge in [0.15, 0.2) is 5.78 Å². The number of rotatable bonds is 4. The largest absolute Gasteiger partial charge is 0.496 e. The smallest absolute Gasteiger partial charge is 0.176 e. The fraction of sp³-hybridized carbons (Fsp3) is 0.364. The first-order valence-electron chi connectivity index (χ1n) is 4.73. The molecule has 1 rings (SSSR count). The quantitative estimate of drug-likeness (QED) is 0.854. The first-order chi connectivity index (χ1) is 7.13. The standard InChI is InChI=1S/C11H14BrNO2/c1-3-8-9(12)4-7(10(14)6-13)5-11(8)15-2/h4-5H,3,6,13H2,1-2H3. The average molecular weight is 272 g/mol. The van der Waals surface area contributed by atoms with Crippen molar-refractivity contribution in [2.24, 2.45) is 5.73 Å². The van der Waals surface area contributed by atoms with Crippen LogP contribution in [-0.2, 0) is 6.42 Å². The summed E-state index contributed by atoms with van der Waals surface area (Å²) in [7, 11) is 1.59. The van der Waals surface area contributed by atoms with Gasteiger partial charge in [0.1, 0.15) is 5.75 Å². The van der Waals surface area contributed by atoms with Crippen LogP contribution in [0.4, 0.5) is 0 Å². The summed E-state index contributed by atoms with van der Waals surface area (Å²) in [6, 6.07) is 3.52. The fourth-order valence-corrected chi connectivity index (χ4v) is 2.14. The van der Waals surface area contributed by atoms with Crippen LogP contribution < -0.4 is 10.5 Å². The van der Waals surface area contributed by atoms with E-state index in [9.17, 15) is 4.79 Å². The minimum absolute atomic E-state index is 0.0149. The van der Waals surface area contributed by atoms with Gasteiger partial charge in [0.05, 0.1) is 13.7 Å². The highest BCUT2D eigenvalue weighted by Gasteiger charge is 2.11. The molecule has 0 amide bonds. The van der Waals surface area contributed by atoms with Gasteiger partial charge in [-0.05, 0) is 18.6 Å². The summed E-state index contributed by atoms with van der Waals surface area (Å²) in [6.07, 6.45) is 0.848. The van der Waals surface area contributed by atoms with Crippen molar-refractivity contribution in [2.45, 2.75) is 13.3 Å². The lowest BCUT2D eigenvalue weighted by Gasteiger charge is -2.10. The predicted molar refractivity (Wildman–Crippen MR) is 63.5 cm³/mol. The van der Waals surface area contributed by atoms with Crippen molar-refractivity contribution >= 4 is 21.7 Å². The molecule has 0 spiro atoms. The zero-order valence-corrected chi connectivity index (χ0v) is 10.4. The van der Waals surface area contributed by atoms with Crippen molar-refractivity contribution < 1.29 is 9.53 Å². The van der Waals surface area contributed by atoms with Crippen LogP contribution in [0.15, 0.2) is 16.6 Å². The Labute approximate surface area is 97.7 Å². The van der Waals surface area contributed by atoms with E-state index in [1.54, 1.807) is 19.2 Å². The Morgan fingerprint density at radius 2 is 2.20 bits per heavy atom. The van der Waals surface area contributed by atoms with E-state index >= 15 is 0 Å². The summed E-state index contributed by atoms with van der Waals surface area (Å²) in [6.45, 7) is 2.05. The molecule has 2 N–H and O–H groups in total. The summed E-state index contributed by atoms with van der Waals surface area (Å²) in [5.41, 5.74) is 6.95. The van der Waals surface area contributed by atoms with Gasteiger partial charge in [-0.15, -0.1) is 0 Å². The minimum atomic E-state index is -0.0864. The first kappa shape index (κ1) is 12.2. The van der Waals surface area contributed by atoms with Crippen LogP contribution in [0.2, 0.25) is 0 Å². The van der Waals surface area contributed by atoms with Crippen LogP contribution in [0.25, 0.3) is 0 Å². The molecule has 1 aromatic rings. The number of Topliss-reactive ketones (excluding diaryl/α,β-unsaturated/α-hetero) is 1. The third kappa shape index (κ3) is 2.58. The number of halogens is 1. The molecule has 0 saturated heterocycles. The molecule has 0 aromatic heterocycles. The maximum atomic E-state index is 11.4. The van der Waals surface area contributed by atoms with E-state index in [2.05, 4.69) is 15.9 Å². The Kier molecular flexibility index (Phi) is 4.29. The molecule has 0 aliphatic carbocycles. The van der Waals surface area contributed by atoms with Gasteiger partial charge in [-0.25, -0.2) is 0 Å². The molecule has 4 heteroatoms. The summed E-state index contributed by atoms with van der Waals surface area (Å²) >= 11 is 3.42. The highest BCUT2D eigenvalue weighted by Crippen LogP contribution is 2.29. The SMILES string of the molecule is CCc1c(Br)cc(C(=O)CN)cc1OC. The Hall–Kier alpha value is -0.870. The highest BCUT2D eigenvalue weighted by atomic mass is 79.9. The van der Waals surface area contributed by atoms with Gasteiger partial charge in [-0.3, -0.25) is 4.79 Å². The number of benzene rings is 1. The van der Waals surface area contributed by atoms with E-state index in [0.29, 0.717) is 5.56 Å². The van der Waals surface area contributed by atoms with Gasteiger partial charge in [0.2, 0.25) is 0 Å². The Balaban J connectivity index is 3.25. The van der Waals surface area contributed by atoms with E-state index < -0.39 is 0 Å². The van der Waals surface area contributed by atoms with Gasteiger partial charge < -0.3 is 10.5 Å². The average Bonchev–Trinajstić information content (AvgIpc) is 2.26. The molecule has 0 radical (unpaired) electrons.